The molecule has 7 heteroatoms. The number of carbonyl (C=O) groups is 1. The van der Waals surface area contributed by atoms with Crippen molar-refractivity contribution >= 4 is 27.7 Å². The van der Waals surface area contributed by atoms with E-state index in [0.29, 0.717) is 11.4 Å². The summed E-state index contributed by atoms with van der Waals surface area (Å²) in [6, 6.07) is 7.23. The number of benzene rings is 1. The number of carbonyl (C=O) groups excluding carboxylic acids is 1. The number of rotatable bonds is 3. The predicted molar refractivity (Wildman–Crippen MR) is 63.8 cm³/mol. The lowest BCUT2D eigenvalue weighted by molar-refractivity contribution is -0.118. The van der Waals surface area contributed by atoms with E-state index in [1.165, 1.54) is 0 Å². The van der Waals surface area contributed by atoms with Crippen molar-refractivity contribution in [2.75, 3.05) is 13.1 Å². The Morgan fingerprint density at radius 3 is 2.65 bits per heavy atom. The van der Waals surface area contributed by atoms with E-state index in [-0.39, 0.29) is 13.1 Å². The van der Waals surface area contributed by atoms with Crippen LogP contribution in [0.25, 0.3) is 0 Å². The van der Waals surface area contributed by atoms with Crippen molar-refractivity contribution in [3.63, 3.8) is 0 Å². The monoisotopic (exact) mass is 274 g/mol. The van der Waals surface area contributed by atoms with E-state index >= 15 is 0 Å². The maximum atomic E-state index is 11.4. The average Bonchev–Trinajstić information content (AvgIpc) is 2.50. The van der Waals surface area contributed by atoms with Gasteiger partial charge in [-0.25, -0.2) is 4.72 Å². The summed E-state index contributed by atoms with van der Waals surface area (Å²) in [5.74, 6) is -0.496. The first-order valence-electron chi connectivity index (χ1n) is 5.03. The summed E-state index contributed by atoms with van der Waals surface area (Å²) in [6.45, 7) is 0.123. The highest BCUT2D eigenvalue weighted by molar-refractivity contribution is 7.88. The molecule has 0 unspecified atom stereocenters. The van der Waals surface area contributed by atoms with Crippen molar-refractivity contribution in [1.82, 2.24) is 9.03 Å². The van der Waals surface area contributed by atoms with Crippen molar-refractivity contribution in [1.29, 1.82) is 0 Å². The molecule has 1 amide bonds. The van der Waals surface area contributed by atoms with Gasteiger partial charge < -0.3 is 0 Å². The maximum absolute atomic E-state index is 11.4. The minimum Gasteiger partial charge on any atom is -0.272 e. The first-order chi connectivity index (χ1) is 7.99. The Kier molecular flexibility index (Phi) is 3.37. The third kappa shape index (κ3) is 2.77. The van der Waals surface area contributed by atoms with Gasteiger partial charge >= 0.3 is 10.2 Å². The molecule has 0 saturated carbocycles. The predicted octanol–water partition coefficient (Wildman–Crippen LogP) is 0.559. The quantitative estimate of drug-likeness (QED) is 0.876. The second-order valence-electron chi connectivity index (χ2n) is 3.71. The molecule has 1 aliphatic heterocycles. The van der Waals surface area contributed by atoms with Gasteiger partial charge in [-0.2, -0.15) is 12.7 Å². The molecule has 0 aromatic heterocycles. The Morgan fingerprint density at radius 2 is 2.06 bits per heavy atom. The standard InChI is InChI=1S/C10H11ClN2O3S/c11-9-4-2-1-3-8(9)5-6-13-7-10(14)12-17(13,15)16/h1-4H,5-7H2,(H,12,14). The van der Waals surface area contributed by atoms with E-state index in [1.54, 1.807) is 6.07 Å². The fourth-order valence-corrected chi connectivity index (χ4v) is 2.96. The number of halogens is 1. The van der Waals surface area contributed by atoms with Gasteiger partial charge in [-0.05, 0) is 18.1 Å². The van der Waals surface area contributed by atoms with Crippen LogP contribution >= 0.6 is 11.6 Å². The molecule has 0 radical (unpaired) electrons. The topological polar surface area (TPSA) is 66.5 Å². The third-order valence-corrected chi connectivity index (χ3v) is 4.34. The Hall–Kier alpha value is -1.11. The summed E-state index contributed by atoms with van der Waals surface area (Å²) < 4.78 is 25.9. The molecule has 2 rings (SSSR count). The summed E-state index contributed by atoms with van der Waals surface area (Å²) in [6.07, 6.45) is 0.480. The molecule has 1 aromatic rings. The molecule has 1 saturated heterocycles. The SMILES string of the molecule is O=C1CN(CCc2ccccc2Cl)S(=O)(=O)N1. The largest absolute Gasteiger partial charge is 0.304 e. The molecular weight excluding hydrogens is 264 g/mol. The average molecular weight is 275 g/mol. The zero-order chi connectivity index (χ0) is 12.5. The third-order valence-electron chi connectivity index (χ3n) is 2.49. The molecule has 0 bridgehead atoms. The van der Waals surface area contributed by atoms with Crippen LogP contribution in [0.3, 0.4) is 0 Å². The van der Waals surface area contributed by atoms with Crippen LogP contribution in [0.1, 0.15) is 5.56 Å². The fourth-order valence-electron chi connectivity index (χ4n) is 1.63. The highest BCUT2D eigenvalue weighted by atomic mass is 35.5. The van der Waals surface area contributed by atoms with E-state index in [9.17, 15) is 13.2 Å². The second-order valence-corrected chi connectivity index (χ2v) is 5.78. The van der Waals surface area contributed by atoms with Gasteiger partial charge in [0.05, 0.1) is 6.54 Å². The normalized spacial score (nSPS) is 19.2. The smallest absolute Gasteiger partial charge is 0.272 e. The van der Waals surface area contributed by atoms with Crippen molar-refractivity contribution in [3.8, 4) is 0 Å². The summed E-state index contributed by atoms with van der Waals surface area (Å²) in [7, 11) is -3.63. The van der Waals surface area contributed by atoms with Gasteiger partial charge in [0, 0.05) is 11.6 Å². The van der Waals surface area contributed by atoms with E-state index in [2.05, 4.69) is 0 Å². The van der Waals surface area contributed by atoms with Gasteiger partial charge in [0.25, 0.3) is 0 Å². The van der Waals surface area contributed by atoms with Crippen LogP contribution in [0.15, 0.2) is 24.3 Å². The lowest BCUT2D eigenvalue weighted by atomic mass is 10.1. The minimum absolute atomic E-state index is 0.118. The number of amides is 1. The Morgan fingerprint density at radius 1 is 1.35 bits per heavy atom. The van der Waals surface area contributed by atoms with Crippen molar-refractivity contribution in [2.24, 2.45) is 0 Å². The highest BCUT2D eigenvalue weighted by Crippen LogP contribution is 2.16. The molecule has 1 aliphatic rings. The van der Waals surface area contributed by atoms with Crippen LogP contribution in [0, 0.1) is 0 Å². The lowest BCUT2D eigenvalue weighted by Gasteiger charge is -2.12. The molecule has 1 aromatic carbocycles. The van der Waals surface area contributed by atoms with Crippen LogP contribution in [0.5, 0.6) is 0 Å². The Bertz CT molecular complexity index is 544. The molecular formula is C10H11ClN2O3S. The molecule has 5 nitrogen and oxygen atoms in total. The van der Waals surface area contributed by atoms with Crippen LogP contribution in [0.2, 0.25) is 5.02 Å². The summed E-state index contributed by atoms with van der Waals surface area (Å²) >= 11 is 5.96. The highest BCUT2D eigenvalue weighted by Gasteiger charge is 2.33. The van der Waals surface area contributed by atoms with Gasteiger partial charge in [0.2, 0.25) is 5.91 Å². The van der Waals surface area contributed by atoms with Crippen LogP contribution in [0.4, 0.5) is 0 Å². The van der Waals surface area contributed by atoms with Crippen LogP contribution in [-0.4, -0.2) is 31.7 Å². The van der Waals surface area contributed by atoms with Crippen molar-refractivity contribution in [2.45, 2.75) is 6.42 Å². The molecule has 92 valence electrons. The number of hydrogen-bond acceptors (Lipinski definition) is 3. The minimum atomic E-state index is -3.63. The summed E-state index contributed by atoms with van der Waals surface area (Å²) in [4.78, 5) is 11.0. The molecule has 1 heterocycles. The molecule has 0 spiro atoms. The number of nitrogens with one attached hydrogen (secondary N) is 1. The fraction of sp³-hybridized carbons (Fsp3) is 0.300. The maximum Gasteiger partial charge on any atom is 0.304 e. The van der Waals surface area contributed by atoms with Gasteiger partial charge in [-0.3, -0.25) is 4.79 Å². The Balaban J connectivity index is 2.05. The van der Waals surface area contributed by atoms with Crippen LogP contribution in [-0.2, 0) is 21.4 Å². The van der Waals surface area contributed by atoms with E-state index in [1.807, 2.05) is 22.9 Å². The van der Waals surface area contributed by atoms with Gasteiger partial charge in [-0.15, -0.1) is 0 Å². The van der Waals surface area contributed by atoms with E-state index in [4.69, 9.17) is 11.6 Å². The molecule has 0 aliphatic carbocycles. The van der Waals surface area contributed by atoms with Gasteiger partial charge in [0.15, 0.2) is 0 Å². The molecule has 1 N–H and O–H groups in total. The first kappa shape index (κ1) is 12.3. The van der Waals surface area contributed by atoms with Crippen molar-refractivity contribution < 1.29 is 13.2 Å². The second kappa shape index (κ2) is 4.64. The van der Waals surface area contributed by atoms with E-state index in [0.717, 1.165) is 9.87 Å². The zero-order valence-electron chi connectivity index (χ0n) is 8.89. The summed E-state index contributed by atoms with van der Waals surface area (Å²) in [5.41, 5.74) is 0.865. The summed E-state index contributed by atoms with van der Waals surface area (Å²) in [5, 5.41) is 0.600. The Labute approximate surface area is 105 Å². The molecule has 0 atom stereocenters. The number of nitrogens with zero attached hydrogens (tertiary/aromatic N) is 1. The molecule has 1 fully saturated rings. The van der Waals surface area contributed by atoms with Crippen LogP contribution < -0.4 is 4.72 Å². The first-order valence-corrected chi connectivity index (χ1v) is 6.85. The van der Waals surface area contributed by atoms with E-state index < -0.39 is 16.1 Å². The molecule has 17 heavy (non-hydrogen) atoms. The zero-order valence-corrected chi connectivity index (χ0v) is 10.5. The van der Waals surface area contributed by atoms with Gasteiger partial charge in [0.1, 0.15) is 0 Å². The van der Waals surface area contributed by atoms with Crippen molar-refractivity contribution in [3.05, 3.63) is 34.9 Å². The van der Waals surface area contributed by atoms with Gasteiger partial charge in [-0.1, -0.05) is 29.8 Å². The number of hydrogen-bond donors (Lipinski definition) is 1. The lowest BCUT2D eigenvalue weighted by Crippen LogP contribution is -2.31.